The molecule has 0 saturated carbocycles. The van der Waals surface area contributed by atoms with E-state index in [-0.39, 0.29) is 53.4 Å². The maximum atomic E-state index is 14.0. The normalized spacial score (nSPS) is 10.9. The van der Waals surface area contributed by atoms with Gasteiger partial charge in [-0.15, -0.1) is 0 Å². The Balaban J connectivity index is 0.000000174. The van der Waals surface area contributed by atoms with Gasteiger partial charge in [-0.3, -0.25) is 23.7 Å². The van der Waals surface area contributed by atoms with E-state index in [9.17, 15) is 31.9 Å². The number of carbonyl (C=O) groups is 1. The van der Waals surface area contributed by atoms with Crippen LogP contribution in [0, 0.1) is 23.3 Å². The molecule has 0 atom stereocenters. The molecular formula is C33H23F4N9O4. The van der Waals surface area contributed by atoms with E-state index in [1.165, 1.54) is 40.7 Å². The second-order valence-electron chi connectivity index (χ2n) is 10.6. The molecule has 17 heteroatoms. The van der Waals surface area contributed by atoms with Crippen molar-refractivity contribution in [2.24, 2.45) is 0 Å². The Hall–Kier alpha value is -6.78. The van der Waals surface area contributed by atoms with Crippen LogP contribution in [0.25, 0.3) is 34.4 Å². The summed E-state index contributed by atoms with van der Waals surface area (Å²) >= 11 is 0. The van der Waals surface area contributed by atoms with Crippen molar-refractivity contribution in [2.75, 3.05) is 0 Å². The highest BCUT2D eigenvalue weighted by Crippen LogP contribution is 2.24. The van der Waals surface area contributed by atoms with Crippen LogP contribution in [-0.2, 0) is 13.1 Å². The van der Waals surface area contributed by atoms with Crippen LogP contribution in [0.5, 0.6) is 0 Å². The first kappa shape index (κ1) is 33.1. The monoisotopic (exact) mass is 685 g/mol. The maximum absolute atomic E-state index is 14.0. The Bertz CT molecular complexity index is 2430. The van der Waals surface area contributed by atoms with Crippen molar-refractivity contribution in [3.8, 4) is 34.4 Å². The van der Waals surface area contributed by atoms with Crippen LogP contribution < -0.4 is 11.1 Å². The number of benzene rings is 2. The third kappa shape index (κ3) is 7.20. The highest BCUT2D eigenvalue weighted by atomic mass is 19.1. The number of aromatic amines is 2. The quantitative estimate of drug-likeness (QED) is 0.169. The Kier molecular flexibility index (Phi) is 9.37. The molecule has 2 N–H and O–H groups in total. The number of carbonyl (C=O) groups excluding carboxylic acids is 1. The molecule has 0 fully saturated rings. The summed E-state index contributed by atoms with van der Waals surface area (Å²) in [6, 6.07) is 17.1. The zero-order chi connectivity index (χ0) is 35.4. The van der Waals surface area contributed by atoms with Crippen molar-refractivity contribution in [3.05, 3.63) is 146 Å². The molecule has 7 aromatic rings. The maximum Gasteiger partial charge on any atom is 0.287 e. The number of aromatic nitrogens is 9. The lowest BCUT2D eigenvalue weighted by Crippen LogP contribution is -2.13. The second-order valence-corrected chi connectivity index (χ2v) is 10.6. The predicted molar refractivity (Wildman–Crippen MR) is 169 cm³/mol. The largest absolute Gasteiger partial charge is 0.364 e. The third-order valence-electron chi connectivity index (χ3n) is 7.17. The molecule has 0 bridgehead atoms. The molecule has 7 rings (SSSR count). The van der Waals surface area contributed by atoms with E-state index in [1.54, 1.807) is 48.5 Å². The summed E-state index contributed by atoms with van der Waals surface area (Å²) in [7, 11) is 0. The van der Waals surface area contributed by atoms with E-state index in [0.717, 1.165) is 12.4 Å². The van der Waals surface area contributed by atoms with Gasteiger partial charge in [-0.25, -0.2) is 18.7 Å². The number of nitrogens with one attached hydrogen (secondary N) is 2. The molecule has 0 amide bonds. The van der Waals surface area contributed by atoms with Crippen LogP contribution in [0.2, 0.25) is 0 Å². The van der Waals surface area contributed by atoms with Gasteiger partial charge in [0.1, 0.15) is 40.7 Å². The Labute approximate surface area is 277 Å². The summed E-state index contributed by atoms with van der Waals surface area (Å²) in [6.45, 7) is 1.51. The number of ketones is 1. The number of hydrogen-bond acceptors (Lipinski definition) is 9. The average molecular weight is 686 g/mol. The standard InChI is InChI=1S/C17H11F2N5O2.C16H12F2N4O2/c18-11-4-2-1-3-10(11)9-24-15(13-5-6-26-23-13)7-14(22-24)16-20-8-12(19)17(25)21-16;1-9(23)14-6-13(15-19-7-12(18)16(24)20-15)21-22(14)8-10-4-2-3-5-11(10)17/h1-8H,9H2,(H,20,21,25);2-7H,8H2,1H3,(H,19,20,24). The molecule has 50 heavy (non-hydrogen) atoms. The highest BCUT2D eigenvalue weighted by Gasteiger charge is 2.18. The van der Waals surface area contributed by atoms with Gasteiger partial charge < -0.3 is 14.5 Å². The molecule has 13 nitrogen and oxygen atoms in total. The van der Waals surface area contributed by atoms with Gasteiger partial charge >= 0.3 is 0 Å². The molecule has 5 aromatic heterocycles. The topological polar surface area (TPSA) is 170 Å². The lowest BCUT2D eigenvalue weighted by molar-refractivity contribution is 0.100. The van der Waals surface area contributed by atoms with Crippen molar-refractivity contribution in [3.63, 3.8) is 0 Å². The van der Waals surface area contributed by atoms with Gasteiger partial charge in [-0.1, -0.05) is 41.6 Å². The molecule has 0 radical (unpaired) electrons. The zero-order valence-electron chi connectivity index (χ0n) is 25.8. The first-order valence-electron chi connectivity index (χ1n) is 14.6. The summed E-state index contributed by atoms with van der Waals surface area (Å²) in [5, 5.41) is 12.4. The van der Waals surface area contributed by atoms with E-state index in [0.29, 0.717) is 22.5 Å². The van der Waals surface area contributed by atoms with Crippen molar-refractivity contribution < 1.29 is 26.9 Å². The number of nitrogens with zero attached hydrogens (tertiary/aromatic N) is 7. The van der Waals surface area contributed by atoms with E-state index < -0.39 is 28.6 Å². The Morgan fingerprint density at radius 3 is 1.72 bits per heavy atom. The molecule has 0 unspecified atom stereocenters. The van der Waals surface area contributed by atoms with Gasteiger partial charge in [-0.2, -0.15) is 19.0 Å². The van der Waals surface area contributed by atoms with E-state index in [1.807, 2.05) is 0 Å². The fourth-order valence-electron chi connectivity index (χ4n) is 4.74. The summed E-state index contributed by atoms with van der Waals surface area (Å²) in [6.07, 6.45) is 2.99. The van der Waals surface area contributed by atoms with Crippen LogP contribution in [0.3, 0.4) is 0 Å². The molecule has 0 aliphatic carbocycles. The van der Waals surface area contributed by atoms with Crippen LogP contribution in [0.1, 0.15) is 28.5 Å². The van der Waals surface area contributed by atoms with Crippen molar-refractivity contribution in [1.29, 1.82) is 0 Å². The van der Waals surface area contributed by atoms with Gasteiger partial charge in [0.25, 0.3) is 11.1 Å². The van der Waals surface area contributed by atoms with Crippen LogP contribution in [0.4, 0.5) is 17.6 Å². The Morgan fingerprint density at radius 1 is 0.700 bits per heavy atom. The SMILES string of the molecule is CC(=O)c1cc(-c2ncc(F)c(=O)[nH]2)nn1Cc1ccccc1F.O=c1[nH]c(-c2cc(-c3ccon3)n(Cc3ccccc3F)n2)ncc1F. The summed E-state index contributed by atoms with van der Waals surface area (Å²) < 4.78 is 61.7. The van der Waals surface area contributed by atoms with Gasteiger partial charge in [0.2, 0.25) is 11.6 Å². The van der Waals surface area contributed by atoms with E-state index >= 15 is 0 Å². The van der Waals surface area contributed by atoms with Gasteiger partial charge in [-0.05, 0) is 24.3 Å². The molecule has 5 heterocycles. The molecule has 2 aromatic carbocycles. The summed E-state index contributed by atoms with van der Waals surface area (Å²) in [4.78, 5) is 46.8. The van der Waals surface area contributed by atoms with Gasteiger partial charge in [0, 0.05) is 24.1 Å². The minimum atomic E-state index is -1.02. The fraction of sp³-hybridized carbons (Fsp3) is 0.0909. The molecule has 0 aliphatic rings. The number of halogens is 4. The number of Topliss-reactive ketones (excluding diaryl/α,β-unsaturated/α-hetero) is 1. The molecule has 0 saturated heterocycles. The first-order chi connectivity index (χ1) is 24.1. The third-order valence-corrected chi connectivity index (χ3v) is 7.17. The zero-order valence-corrected chi connectivity index (χ0v) is 25.8. The number of H-pyrrole nitrogens is 2. The minimum absolute atomic E-state index is 0.0242. The second kappa shape index (κ2) is 14.1. The summed E-state index contributed by atoms with van der Waals surface area (Å²) in [5.74, 6) is -2.96. The Morgan fingerprint density at radius 2 is 1.22 bits per heavy atom. The van der Waals surface area contributed by atoms with Crippen LogP contribution >= 0.6 is 0 Å². The minimum Gasteiger partial charge on any atom is -0.364 e. The van der Waals surface area contributed by atoms with Gasteiger partial charge in [0.05, 0.1) is 31.2 Å². The fourth-order valence-corrected chi connectivity index (χ4v) is 4.74. The molecule has 252 valence electrons. The number of hydrogen-bond donors (Lipinski definition) is 2. The van der Waals surface area contributed by atoms with Crippen molar-refractivity contribution >= 4 is 5.78 Å². The smallest absolute Gasteiger partial charge is 0.287 e. The van der Waals surface area contributed by atoms with Crippen molar-refractivity contribution in [1.82, 2.24) is 44.7 Å². The van der Waals surface area contributed by atoms with E-state index in [4.69, 9.17) is 4.52 Å². The first-order valence-corrected chi connectivity index (χ1v) is 14.6. The number of rotatable bonds is 8. The highest BCUT2D eigenvalue weighted by molar-refractivity contribution is 5.93. The average Bonchev–Trinajstić information content (AvgIpc) is 3.87. The lowest BCUT2D eigenvalue weighted by atomic mass is 10.2. The molecular weight excluding hydrogens is 662 g/mol. The molecule has 0 aliphatic heterocycles. The van der Waals surface area contributed by atoms with Gasteiger partial charge in [0.15, 0.2) is 17.4 Å². The summed E-state index contributed by atoms with van der Waals surface area (Å²) in [5.41, 5.74) is 0.649. The lowest BCUT2D eigenvalue weighted by Gasteiger charge is -2.06. The van der Waals surface area contributed by atoms with Crippen LogP contribution in [-0.4, -0.2) is 50.4 Å². The van der Waals surface area contributed by atoms with Crippen LogP contribution in [0.15, 0.2) is 99.5 Å². The van der Waals surface area contributed by atoms with E-state index in [2.05, 4.69) is 35.3 Å². The van der Waals surface area contributed by atoms with Crippen molar-refractivity contribution in [2.45, 2.75) is 20.0 Å². The molecule has 0 spiro atoms. The predicted octanol–water partition coefficient (Wildman–Crippen LogP) is 4.78.